The van der Waals surface area contributed by atoms with Gasteiger partial charge in [-0.05, 0) is 42.5 Å². The van der Waals surface area contributed by atoms with Gasteiger partial charge in [-0.2, -0.15) is 0 Å². The molecular formula is C24H30N6O4. The molecule has 1 aromatic carbocycles. The standard InChI is InChI=1S/C24H30N6O4/c1-15-4-9-20(16-5-7-18(8-6-16)27-13-21(31)29(2)3)30(14-15)24(34)23(33)28-19-10-17(22(25)32)11-26-12-19/h5-8,10-12,15,20,27H,4,9,13-14H2,1-3H3,(H2,25,32)(H,28,33)/t15-,20+/m0/s1. The molecule has 4 amide bonds. The zero-order chi connectivity index (χ0) is 24.8. The Hall–Kier alpha value is -3.95. The molecule has 180 valence electrons. The average molecular weight is 467 g/mol. The monoisotopic (exact) mass is 466 g/mol. The number of hydrogen-bond acceptors (Lipinski definition) is 6. The van der Waals surface area contributed by atoms with Crippen LogP contribution >= 0.6 is 0 Å². The Labute approximate surface area is 198 Å². The summed E-state index contributed by atoms with van der Waals surface area (Å²) >= 11 is 0. The van der Waals surface area contributed by atoms with E-state index in [0.29, 0.717) is 6.54 Å². The van der Waals surface area contributed by atoms with Crippen molar-refractivity contribution >= 4 is 35.0 Å². The SMILES string of the molecule is C[C@H]1CC[C@H](c2ccc(NCC(=O)N(C)C)cc2)N(C(=O)C(=O)Nc2cncc(C(N)=O)c2)C1. The van der Waals surface area contributed by atoms with Gasteiger partial charge in [0.25, 0.3) is 0 Å². The number of nitrogens with zero attached hydrogens (tertiary/aromatic N) is 3. The van der Waals surface area contributed by atoms with Gasteiger partial charge in [0.2, 0.25) is 11.8 Å². The Kier molecular flexibility index (Phi) is 7.83. The lowest BCUT2D eigenvalue weighted by atomic mass is 9.89. The molecule has 3 rings (SSSR count). The molecule has 1 saturated heterocycles. The van der Waals surface area contributed by atoms with E-state index < -0.39 is 17.7 Å². The summed E-state index contributed by atoms with van der Waals surface area (Å²) in [4.78, 5) is 56.0. The number of likely N-dealkylation sites (N-methyl/N-ethyl adjacent to an activating group) is 1. The minimum atomic E-state index is -0.803. The summed E-state index contributed by atoms with van der Waals surface area (Å²) < 4.78 is 0. The number of aromatic nitrogens is 1. The van der Waals surface area contributed by atoms with Crippen LogP contribution in [0.4, 0.5) is 11.4 Å². The molecule has 2 heterocycles. The average Bonchev–Trinajstić information content (AvgIpc) is 2.82. The van der Waals surface area contributed by atoms with Gasteiger partial charge < -0.3 is 26.2 Å². The van der Waals surface area contributed by atoms with Gasteiger partial charge in [-0.1, -0.05) is 19.1 Å². The fourth-order valence-electron chi connectivity index (χ4n) is 3.84. The molecule has 4 N–H and O–H groups in total. The third-order valence-corrected chi connectivity index (χ3v) is 5.79. The molecule has 34 heavy (non-hydrogen) atoms. The number of hydrogen-bond donors (Lipinski definition) is 3. The summed E-state index contributed by atoms with van der Waals surface area (Å²) in [5.74, 6) is -1.91. The third-order valence-electron chi connectivity index (χ3n) is 5.79. The number of piperidine rings is 1. The number of anilines is 2. The van der Waals surface area contributed by atoms with Crippen molar-refractivity contribution in [3.8, 4) is 0 Å². The van der Waals surface area contributed by atoms with Crippen molar-refractivity contribution in [2.45, 2.75) is 25.8 Å². The van der Waals surface area contributed by atoms with Crippen LogP contribution in [-0.4, -0.2) is 65.6 Å². The minimum Gasteiger partial charge on any atom is -0.376 e. The lowest BCUT2D eigenvalue weighted by Crippen LogP contribution is -2.46. The second-order valence-corrected chi connectivity index (χ2v) is 8.70. The highest BCUT2D eigenvalue weighted by molar-refractivity contribution is 6.39. The van der Waals surface area contributed by atoms with Crippen molar-refractivity contribution in [2.24, 2.45) is 11.7 Å². The van der Waals surface area contributed by atoms with Gasteiger partial charge in [-0.3, -0.25) is 24.2 Å². The van der Waals surface area contributed by atoms with Gasteiger partial charge >= 0.3 is 11.8 Å². The van der Waals surface area contributed by atoms with Crippen LogP contribution in [0.15, 0.2) is 42.7 Å². The molecule has 1 fully saturated rings. The van der Waals surface area contributed by atoms with Crippen LogP contribution in [0.3, 0.4) is 0 Å². The fraction of sp³-hybridized carbons (Fsp3) is 0.375. The molecule has 1 aliphatic heterocycles. The highest BCUT2D eigenvalue weighted by atomic mass is 16.2. The number of carbonyl (C=O) groups is 4. The predicted molar refractivity (Wildman–Crippen MR) is 128 cm³/mol. The smallest absolute Gasteiger partial charge is 0.313 e. The zero-order valence-electron chi connectivity index (χ0n) is 19.6. The normalized spacial score (nSPS) is 17.6. The lowest BCUT2D eigenvalue weighted by molar-refractivity contribution is -0.146. The topological polar surface area (TPSA) is 138 Å². The molecule has 0 unspecified atom stereocenters. The molecule has 0 bridgehead atoms. The maximum absolute atomic E-state index is 13.1. The Morgan fingerprint density at radius 2 is 1.79 bits per heavy atom. The molecule has 2 atom stereocenters. The van der Waals surface area contributed by atoms with Crippen molar-refractivity contribution in [3.63, 3.8) is 0 Å². The number of rotatable bonds is 6. The molecule has 0 radical (unpaired) electrons. The summed E-state index contributed by atoms with van der Waals surface area (Å²) in [6, 6.07) is 8.66. The number of likely N-dealkylation sites (tertiary alicyclic amines) is 1. The Balaban J connectivity index is 1.72. The summed E-state index contributed by atoms with van der Waals surface area (Å²) in [6.07, 6.45) is 4.29. The maximum Gasteiger partial charge on any atom is 0.313 e. The summed E-state index contributed by atoms with van der Waals surface area (Å²) in [5, 5.41) is 5.60. The van der Waals surface area contributed by atoms with Crippen molar-refractivity contribution in [1.82, 2.24) is 14.8 Å². The molecule has 10 nitrogen and oxygen atoms in total. The highest BCUT2D eigenvalue weighted by Gasteiger charge is 2.34. The van der Waals surface area contributed by atoms with E-state index in [9.17, 15) is 19.2 Å². The summed E-state index contributed by atoms with van der Waals surface area (Å²) in [5.41, 5.74) is 7.32. The number of pyridine rings is 1. The van der Waals surface area contributed by atoms with Gasteiger partial charge in [0.05, 0.1) is 30.0 Å². The van der Waals surface area contributed by atoms with Gasteiger partial charge in [-0.15, -0.1) is 0 Å². The van der Waals surface area contributed by atoms with E-state index in [-0.39, 0.29) is 35.7 Å². The second-order valence-electron chi connectivity index (χ2n) is 8.70. The first kappa shape index (κ1) is 24.7. The Morgan fingerprint density at radius 3 is 2.44 bits per heavy atom. The molecular weight excluding hydrogens is 436 g/mol. The second kappa shape index (κ2) is 10.8. The fourth-order valence-corrected chi connectivity index (χ4v) is 3.84. The van der Waals surface area contributed by atoms with Crippen LogP contribution in [-0.2, 0) is 14.4 Å². The highest BCUT2D eigenvalue weighted by Crippen LogP contribution is 2.34. The van der Waals surface area contributed by atoms with Crippen LogP contribution in [0, 0.1) is 5.92 Å². The molecule has 2 aromatic rings. The van der Waals surface area contributed by atoms with Crippen molar-refractivity contribution < 1.29 is 19.2 Å². The van der Waals surface area contributed by atoms with Gasteiger partial charge in [-0.25, -0.2) is 0 Å². The number of nitrogens with two attached hydrogens (primary N) is 1. The third kappa shape index (κ3) is 6.09. The van der Waals surface area contributed by atoms with Gasteiger partial charge in [0.15, 0.2) is 0 Å². The van der Waals surface area contributed by atoms with E-state index in [1.165, 1.54) is 23.4 Å². The Morgan fingerprint density at radius 1 is 1.09 bits per heavy atom. The largest absolute Gasteiger partial charge is 0.376 e. The first-order valence-electron chi connectivity index (χ1n) is 11.1. The lowest BCUT2D eigenvalue weighted by Gasteiger charge is -2.38. The zero-order valence-corrected chi connectivity index (χ0v) is 19.6. The first-order valence-corrected chi connectivity index (χ1v) is 11.1. The molecule has 1 aliphatic rings. The number of nitrogens with one attached hydrogen (secondary N) is 2. The van der Waals surface area contributed by atoms with Crippen LogP contribution in [0.1, 0.15) is 41.7 Å². The first-order chi connectivity index (χ1) is 16.2. The minimum absolute atomic E-state index is 0.0373. The number of amides is 4. The Bertz CT molecular complexity index is 1070. The van der Waals surface area contributed by atoms with E-state index in [1.807, 2.05) is 31.2 Å². The number of primary amides is 1. The maximum atomic E-state index is 13.1. The molecule has 1 aromatic heterocycles. The molecule has 10 heteroatoms. The van der Waals surface area contributed by atoms with Crippen molar-refractivity contribution in [2.75, 3.05) is 37.8 Å². The quantitative estimate of drug-likeness (QED) is 0.553. The van der Waals surface area contributed by atoms with E-state index in [1.54, 1.807) is 19.0 Å². The van der Waals surface area contributed by atoms with E-state index in [2.05, 4.69) is 15.6 Å². The van der Waals surface area contributed by atoms with Crippen molar-refractivity contribution in [1.29, 1.82) is 0 Å². The predicted octanol–water partition coefficient (Wildman–Crippen LogP) is 1.62. The molecule has 0 aliphatic carbocycles. The number of carbonyl (C=O) groups excluding carboxylic acids is 4. The van der Waals surface area contributed by atoms with E-state index in [4.69, 9.17) is 5.73 Å². The van der Waals surface area contributed by atoms with Gasteiger partial charge in [0.1, 0.15) is 0 Å². The van der Waals surface area contributed by atoms with Crippen LogP contribution < -0.4 is 16.4 Å². The van der Waals surface area contributed by atoms with Gasteiger partial charge in [0, 0.05) is 32.5 Å². The number of benzene rings is 1. The van der Waals surface area contributed by atoms with Crippen LogP contribution in [0.2, 0.25) is 0 Å². The summed E-state index contributed by atoms with van der Waals surface area (Å²) in [7, 11) is 3.40. The molecule has 0 spiro atoms. The molecule has 0 saturated carbocycles. The van der Waals surface area contributed by atoms with E-state index >= 15 is 0 Å². The van der Waals surface area contributed by atoms with E-state index in [0.717, 1.165) is 24.1 Å². The summed E-state index contributed by atoms with van der Waals surface area (Å²) in [6.45, 7) is 2.68. The van der Waals surface area contributed by atoms with Crippen LogP contribution in [0.5, 0.6) is 0 Å². The van der Waals surface area contributed by atoms with Crippen molar-refractivity contribution in [3.05, 3.63) is 53.9 Å². The van der Waals surface area contributed by atoms with Crippen LogP contribution in [0.25, 0.3) is 0 Å².